The fraction of sp³-hybridized carbons (Fsp3) is 0.360. The van der Waals surface area contributed by atoms with Gasteiger partial charge in [-0.3, -0.25) is 4.79 Å². The third kappa shape index (κ3) is 6.07. The van der Waals surface area contributed by atoms with Gasteiger partial charge >= 0.3 is 0 Å². The average molecular weight is 455 g/mol. The molecule has 170 valence electrons. The smallest absolute Gasteiger partial charge is 0.255 e. The largest absolute Gasteiger partial charge is 0.493 e. The first kappa shape index (κ1) is 23.7. The van der Waals surface area contributed by atoms with E-state index in [1.54, 1.807) is 14.2 Å². The van der Waals surface area contributed by atoms with Crippen molar-refractivity contribution in [2.45, 2.75) is 38.3 Å². The molecule has 32 heavy (non-hydrogen) atoms. The monoisotopic (exact) mass is 454 g/mol. The Bertz CT molecular complexity index is 1090. The highest BCUT2D eigenvalue weighted by Crippen LogP contribution is 2.29. The molecule has 0 fully saturated rings. The Morgan fingerprint density at radius 3 is 2.41 bits per heavy atom. The average Bonchev–Trinajstić information content (AvgIpc) is 2.77. The summed E-state index contributed by atoms with van der Waals surface area (Å²) >= 11 is 1.48. The van der Waals surface area contributed by atoms with Crippen LogP contribution in [0.3, 0.4) is 0 Å². The molecular weight excluding hydrogens is 424 g/mol. The van der Waals surface area contributed by atoms with Crippen LogP contribution >= 0.6 is 11.8 Å². The molecule has 0 bridgehead atoms. The van der Waals surface area contributed by atoms with Gasteiger partial charge < -0.3 is 19.2 Å². The summed E-state index contributed by atoms with van der Waals surface area (Å²) in [5, 5.41) is 0.599. The summed E-state index contributed by atoms with van der Waals surface area (Å²) in [5.74, 6) is 2.90. The molecule has 0 atom stereocenters. The number of aromatic amines is 1. The number of nitrogens with one attached hydrogen (secondary N) is 1. The van der Waals surface area contributed by atoms with Gasteiger partial charge in [0.15, 0.2) is 16.7 Å². The van der Waals surface area contributed by atoms with Gasteiger partial charge in [0.1, 0.15) is 5.75 Å². The van der Waals surface area contributed by atoms with E-state index in [-0.39, 0.29) is 11.5 Å². The van der Waals surface area contributed by atoms with Crippen molar-refractivity contribution in [1.29, 1.82) is 0 Å². The summed E-state index contributed by atoms with van der Waals surface area (Å²) in [6.07, 6.45) is 0.533. The first-order chi connectivity index (χ1) is 15.4. The van der Waals surface area contributed by atoms with Crippen LogP contribution in [0.4, 0.5) is 0 Å². The minimum atomic E-state index is -0.0903. The molecule has 0 saturated carbocycles. The molecule has 3 rings (SSSR count). The van der Waals surface area contributed by atoms with Crippen LogP contribution < -0.4 is 19.8 Å². The van der Waals surface area contributed by atoms with Gasteiger partial charge in [0.2, 0.25) is 0 Å². The Morgan fingerprint density at radius 2 is 1.75 bits per heavy atom. The number of methoxy groups -OCH3 is 2. The number of rotatable bonds is 10. The summed E-state index contributed by atoms with van der Waals surface area (Å²) < 4.78 is 16.5. The van der Waals surface area contributed by atoms with Crippen LogP contribution in [0.25, 0.3) is 0 Å². The van der Waals surface area contributed by atoms with E-state index in [0.717, 1.165) is 17.0 Å². The van der Waals surface area contributed by atoms with Crippen LogP contribution in [0.1, 0.15) is 42.1 Å². The molecule has 0 aliphatic heterocycles. The zero-order valence-electron chi connectivity index (χ0n) is 19.2. The molecule has 1 heterocycles. The first-order valence-electron chi connectivity index (χ1n) is 10.6. The molecule has 0 saturated heterocycles. The summed E-state index contributed by atoms with van der Waals surface area (Å²) in [4.78, 5) is 20.5. The van der Waals surface area contributed by atoms with Gasteiger partial charge in [-0.1, -0.05) is 49.4 Å². The van der Waals surface area contributed by atoms with Crippen LogP contribution in [0.5, 0.6) is 17.2 Å². The summed E-state index contributed by atoms with van der Waals surface area (Å²) in [7, 11) is 3.22. The van der Waals surface area contributed by atoms with Gasteiger partial charge in [0.25, 0.3) is 5.56 Å². The number of H-pyrrole nitrogens is 1. The molecule has 1 aromatic heterocycles. The molecule has 0 amide bonds. The van der Waals surface area contributed by atoms with Gasteiger partial charge in [-0.2, -0.15) is 0 Å². The van der Waals surface area contributed by atoms with Crippen LogP contribution in [-0.4, -0.2) is 36.5 Å². The second-order valence-corrected chi connectivity index (χ2v) is 8.85. The number of ether oxygens (including phenoxy) is 3. The van der Waals surface area contributed by atoms with Crippen molar-refractivity contribution in [1.82, 2.24) is 9.97 Å². The van der Waals surface area contributed by atoms with Crippen molar-refractivity contribution in [2.75, 3.05) is 26.6 Å². The Hall–Kier alpha value is -2.93. The highest BCUT2D eigenvalue weighted by molar-refractivity contribution is 7.99. The van der Waals surface area contributed by atoms with E-state index >= 15 is 0 Å². The van der Waals surface area contributed by atoms with Crippen LogP contribution in [0.15, 0.2) is 52.4 Å². The van der Waals surface area contributed by atoms with Crippen molar-refractivity contribution in [2.24, 2.45) is 0 Å². The SMILES string of the molecule is COc1ccc(Cc2nc(SCCOc3ccc(C)cc3)[nH]c(=O)c2C(C)C)cc1OC. The van der Waals surface area contributed by atoms with Gasteiger partial charge in [-0.15, -0.1) is 0 Å². The molecule has 1 N–H and O–H groups in total. The number of hydrogen-bond acceptors (Lipinski definition) is 6. The van der Waals surface area contributed by atoms with Crippen molar-refractivity contribution in [3.05, 3.63) is 75.2 Å². The molecular formula is C25H30N2O4S. The molecule has 6 nitrogen and oxygen atoms in total. The lowest BCUT2D eigenvalue weighted by molar-refractivity contribution is 0.344. The Morgan fingerprint density at radius 1 is 1.03 bits per heavy atom. The van der Waals surface area contributed by atoms with E-state index < -0.39 is 0 Å². The first-order valence-corrected chi connectivity index (χ1v) is 11.6. The zero-order chi connectivity index (χ0) is 23.1. The number of thioether (sulfide) groups is 1. The predicted molar refractivity (Wildman–Crippen MR) is 129 cm³/mol. The summed E-state index contributed by atoms with van der Waals surface area (Å²) in [6.45, 7) is 6.58. The molecule has 0 spiro atoms. The Kier molecular flexibility index (Phi) is 8.22. The highest BCUT2D eigenvalue weighted by atomic mass is 32.2. The maximum absolute atomic E-state index is 12.8. The number of aromatic nitrogens is 2. The number of nitrogens with zero attached hydrogens (tertiary/aromatic N) is 1. The molecule has 2 aromatic carbocycles. The third-order valence-electron chi connectivity index (χ3n) is 5.02. The minimum absolute atomic E-state index is 0.0605. The van der Waals surface area contributed by atoms with E-state index in [2.05, 4.69) is 4.98 Å². The number of benzene rings is 2. The summed E-state index contributed by atoms with van der Waals surface area (Å²) in [5.41, 5.74) is 3.59. The maximum Gasteiger partial charge on any atom is 0.255 e. The molecule has 0 radical (unpaired) electrons. The second kappa shape index (κ2) is 11.1. The molecule has 3 aromatic rings. The fourth-order valence-corrected chi connectivity index (χ4v) is 4.12. The van der Waals surface area contributed by atoms with E-state index in [0.29, 0.717) is 41.0 Å². The van der Waals surface area contributed by atoms with Gasteiger partial charge in [-0.05, 0) is 42.7 Å². The predicted octanol–water partition coefficient (Wildman–Crippen LogP) is 4.98. The number of hydrogen-bond donors (Lipinski definition) is 1. The van der Waals surface area contributed by atoms with E-state index in [9.17, 15) is 4.79 Å². The lowest BCUT2D eigenvalue weighted by atomic mass is 9.98. The topological polar surface area (TPSA) is 73.4 Å². The van der Waals surface area contributed by atoms with Crippen molar-refractivity contribution in [3.8, 4) is 17.2 Å². The van der Waals surface area contributed by atoms with Crippen LogP contribution in [0, 0.1) is 6.92 Å². The van der Waals surface area contributed by atoms with Crippen molar-refractivity contribution >= 4 is 11.8 Å². The van der Waals surface area contributed by atoms with E-state index in [1.165, 1.54) is 17.3 Å². The van der Waals surface area contributed by atoms with E-state index in [4.69, 9.17) is 19.2 Å². The molecule has 0 aliphatic rings. The normalized spacial score (nSPS) is 10.9. The van der Waals surface area contributed by atoms with Crippen molar-refractivity contribution in [3.63, 3.8) is 0 Å². The van der Waals surface area contributed by atoms with Crippen molar-refractivity contribution < 1.29 is 14.2 Å². The second-order valence-electron chi connectivity index (χ2n) is 7.76. The standard InChI is InChI=1S/C25H30N2O4S/c1-16(2)23-20(14-18-8-11-21(29-4)22(15-18)30-5)26-25(27-24(23)28)32-13-12-31-19-9-6-17(3)7-10-19/h6-11,15-16H,12-14H2,1-5H3,(H,26,27,28). The van der Waals surface area contributed by atoms with E-state index in [1.807, 2.05) is 63.2 Å². The fourth-order valence-electron chi connectivity index (χ4n) is 3.42. The maximum atomic E-state index is 12.8. The quantitative estimate of drug-likeness (QED) is 0.265. The molecule has 0 aliphatic carbocycles. The summed E-state index contributed by atoms with van der Waals surface area (Å²) in [6, 6.07) is 13.7. The van der Waals surface area contributed by atoms with Crippen LogP contribution in [0.2, 0.25) is 0 Å². The lowest BCUT2D eigenvalue weighted by Crippen LogP contribution is -2.20. The third-order valence-corrected chi connectivity index (χ3v) is 5.86. The molecule has 0 unspecified atom stereocenters. The van der Waals surface area contributed by atoms with Gasteiger partial charge in [0, 0.05) is 17.7 Å². The molecule has 7 heteroatoms. The Balaban J connectivity index is 1.75. The number of aryl methyl sites for hydroxylation is 1. The Labute approximate surface area is 193 Å². The lowest BCUT2D eigenvalue weighted by Gasteiger charge is -2.14. The highest BCUT2D eigenvalue weighted by Gasteiger charge is 2.16. The van der Waals surface area contributed by atoms with Gasteiger partial charge in [-0.25, -0.2) is 4.98 Å². The minimum Gasteiger partial charge on any atom is -0.493 e. The van der Waals surface area contributed by atoms with Gasteiger partial charge in [0.05, 0.1) is 26.5 Å². The van der Waals surface area contributed by atoms with Crippen LogP contribution in [-0.2, 0) is 6.42 Å². The zero-order valence-corrected chi connectivity index (χ0v) is 20.0.